The highest BCUT2D eigenvalue weighted by molar-refractivity contribution is 6.31. The Morgan fingerprint density at radius 2 is 2.16 bits per heavy atom. The largest absolute Gasteiger partial charge is 0.466 e. The van der Waals surface area contributed by atoms with Crippen molar-refractivity contribution >= 4 is 17.6 Å². The molecule has 0 fully saturated rings. The van der Waals surface area contributed by atoms with Crippen molar-refractivity contribution in [3.05, 3.63) is 16.4 Å². The summed E-state index contributed by atoms with van der Waals surface area (Å²) in [5.74, 6) is -0.181. The number of hydrogen-bond acceptors (Lipinski definition) is 4. The van der Waals surface area contributed by atoms with Crippen molar-refractivity contribution in [1.29, 1.82) is 0 Å². The molecule has 1 rings (SSSR count). The molecule has 0 unspecified atom stereocenters. The molecule has 0 aliphatic heterocycles. The maximum absolute atomic E-state index is 11.2. The van der Waals surface area contributed by atoms with Crippen LogP contribution in [-0.2, 0) is 29.0 Å². The van der Waals surface area contributed by atoms with Crippen molar-refractivity contribution in [1.82, 2.24) is 15.1 Å². The number of carbonyl (C=O) groups excluding carboxylic acids is 1. The minimum atomic E-state index is -0.181. The van der Waals surface area contributed by atoms with Gasteiger partial charge in [0.15, 0.2) is 0 Å². The number of hydrogen-bond donors (Lipinski definition) is 1. The van der Waals surface area contributed by atoms with Gasteiger partial charge < -0.3 is 10.1 Å². The molecule has 19 heavy (non-hydrogen) atoms. The molecule has 0 radical (unpaired) electrons. The molecule has 0 atom stereocenters. The predicted molar refractivity (Wildman–Crippen MR) is 75.2 cm³/mol. The monoisotopic (exact) mass is 287 g/mol. The third-order valence-corrected chi connectivity index (χ3v) is 3.23. The van der Waals surface area contributed by atoms with Crippen LogP contribution >= 0.6 is 11.6 Å². The second kappa shape index (κ2) is 8.17. The Kier molecular flexibility index (Phi) is 6.87. The van der Waals surface area contributed by atoms with Crippen LogP contribution in [0.25, 0.3) is 0 Å². The SMILES string of the molecule is CCOC(=O)CCNCc1c(Cl)c(CC)nn1CC. The lowest BCUT2D eigenvalue weighted by Crippen LogP contribution is -2.21. The Balaban J connectivity index is 2.48. The van der Waals surface area contributed by atoms with Crippen molar-refractivity contribution < 1.29 is 9.53 Å². The molecule has 6 heteroatoms. The van der Waals surface area contributed by atoms with Crippen LogP contribution in [-0.4, -0.2) is 28.9 Å². The van der Waals surface area contributed by atoms with Gasteiger partial charge in [-0.25, -0.2) is 0 Å². The molecule has 0 aliphatic carbocycles. The highest BCUT2D eigenvalue weighted by Crippen LogP contribution is 2.21. The van der Waals surface area contributed by atoms with Crippen molar-refractivity contribution in [2.45, 2.75) is 46.7 Å². The second-order valence-electron chi connectivity index (χ2n) is 4.11. The van der Waals surface area contributed by atoms with Gasteiger partial charge in [0.1, 0.15) is 0 Å². The summed E-state index contributed by atoms with van der Waals surface area (Å²) in [5, 5.41) is 8.37. The minimum Gasteiger partial charge on any atom is -0.466 e. The smallest absolute Gasteiger partial charge is 0.307 e. The van der Waals surface area contributed by atoms with Crippen LogP contribution in [0.1, 0.15) is 38.6 Å². The Bertz CT molecular complexity index is 418. The molecule has 1 heterocycles. The van der Waals surface area contributed by atoms with Gasteiger partial charge in [-0.2, -0.15) is 5.10 Å². The zero-order valence-electron chi connectivity index (χ0n) is 11.8. The van der Waals surface area contributed by atoms with Crippen molar-refractivity contribution in [2.75, 3.05) is 13.2 Å². The fourth-order valence-corrected chi connectivity index (χ4v) is 2.15. The highest BCUT2D eigenvalue weighted by Gasteiger charge is 2.13. The summed E-state index contributed by atoms with van der Waals surface area (Å²) in [5.41, 5.74) is 1.90. The highest BCUT2D eigenvalue weighted by atomic mass is 35.5. The number of halogens is 1. The molecule has 1 aromatic heterocycles. The molecular formula is C13H22ClN3O2. The van der Waals surface area contributed by atoms with Gasteiger partial charge in [-0.3, -0.25) is 9.48 Å². The number of nitrogens with zero attached hydrogens (tertiary/aromatic N) is 2. The summed E-state index contributed by atoms with van der Waals surface area (Å²) < 4.78 is 6.76. The number of aryl methyl sites for hydroxylation is 2. The molecule has 0 saturated heterocycles. The lowest BCUT2D eigenvalue weighted by atomic mass is 10.3. The molecule has 5 nitrogen and oxygen atoms in total. The van der Waals surface area contributed by atoms with E-state index in [4.69, 9.17) is 16.3 Å². The lowest BCUT2D eigenvalue weighted by Gasteiger charge is -2.07. The molecular weight excluding hydrogens is 266 g/mol. The normalized spacial score (nSPS) is 10.7. The zero-order valence-corrected chi connectivity index (χ0v) is 12.6. The van der Waals surface area contributed by atoms with Gasteiger partial charge >= 0.3 is 5.97 Å². The average molecular weight is 288 g/mol. The summed E-state index contributed by atoms with van der Waals surface area (Å²) in [6.07, 6.45) is 1.19. The van der Waals surface area contributed by atoms with Gasteiger partial charge in [-0.15, -0.1) is 0 Å². The van der Waals surface area contributed by atoms with Gasteiger partial charge in [0.25, 0.3) is 0 Å². The molecule has 0 amide bonds. The summed E-state index contributed by atoms with van der Waals surface area (Å²) in [6, 6.07) is 0. The topological polar surface area (TPSA) is 56.1 Å². The van der Waals surface area contributed by atoms with Crippen LogP contribution in [0.5, 0.6) is 0 Å². The maximum atomic E-state index is 11.2. The van der Waals surface area contributed by atoms with Crippen molar-refractivity contribution in [3.63, 3.8) is 0 Å². The fraction of sp³-hybridized carbons (Fsp3) is 0.692. The molecule has 0 aliphatic rings. The Morgan fingerprint density at radius 3 is 2.74 bits per heavy atom. The lowest BCUT2D eigenvalue weighted by molar-refractivity contribution is -0.142. The molecule has 0 saturated carbocycles. The fourth-order valence-electron chi connectivity index (χ4n) is 1.82. The maximum Gasteiger partial charge on any atom is 0.307 e. The van der Waals surface area contributed by atoms with E-state index < -0.39 is 0 Å². The number of carbonyl (C=O) groups is 1. The van der Waals surface area contributed by atoms with Crippen LogP contribution in [0.2, 0.25) is 5.02 Å². The molecule has 1 N–H and O–H groups in total. The van der Waals surface area contributed by atoms with Gasteiger partial charge in [-0.05, 0) is 20.3 Å². The molecule has 0 bridgehead atoms. The Morgan fingerprint density at radius 1 is 1.42 bits per heavy atom. The van der Waals surface area contributed by atoms with E-state index in [1.165, 1.54) is 0 Å². The number of nitrogens with one attached hydrogen (secondary N) is 1. The van der Waals surface area contributed by atoms with E-state index in [0.29, 0.717) is 26.1 Å². The third-order valence-electron chi connectivity index (χ3n) is 2.80. The Labute approximate surface area is 119 Å². The first-order valence-electron chi connectivity index (χ1n) is 6.74. The van der Waals surface area contributed by atoms with Gasteiger partial charge in [0.2, 0.25) is 0 Å². The molecule has 0 aromatic carbocycles. The van der Waals surface area contributed by atoms with E-state index >= 15 is 0 Å². The third kappa shape index (κ3) is 4.51. The number of ether oxygens (including phenoxy) is 1. The summed E-state index contributed by atoms with van der Waals surface area (Å²) in [6.45, 7) is 8.26. The quantitative estimate of drug-likeness (QED) is 0.588. The van der Waals surface area contributed by atoms with Gasteiger partial charge in [0, 0.05) is 19.6 Å². The minimum absolute atomic E-state index is 0.181. The standard InChI is InChI=1S/C13H22ClN3O2/c1-4-10-13(14)11(17(5-2)16-10)9-15-8-7-12(18)19-6-3/h15H,4-9H2,1-3H3. The summed E-state index contributed by atoms with van der Waals surface area (Å²) in [4.78, 5) is 11.2. The Hall–Kier alpha value is -1.07. The van der Waals surface area contributed by atoms with E-state index in [0.717, 1.165) is 29.4 Å². The van der Waals surface area contributed by atoms with E-state index in [9.17, 15) is 4.79 Å². The second-order valence-corrected chi connectivity index (χ2v) is 4.49. The van der Waals surface area contributed by atoms with Crippen molar-refractivity contribution in [3.8, 4) is 0 Å². The summed E-state index contributed by atoms with van der Waals surface area (Å²) in [7, 11) is 0. The zero-order chi connectivity index (χ0) is 14.3. The summed E-state index contributed by atoms with van der Waals surface area (Å²) >= 11 is 6.28. The average Bonchev–Trinajstić information content (AvgIpc) is 2.71. The van der Waals surface area contributed by atoms with Gasteiger partial charge in [0.05, 0.1) is 29.4 Å². The molecule has 108 valence electrons. The number of esters is 1. The molecule has 0 spiro atoms. The van der Waals surface area contributed by atoms with Crippen molar-refractivity contribution in [2.24, 2.45) is 0 Å². The van der Waals surface area contributed by atoms with Crippen LogP contribution in [0.3, 0.4) is 0 Å². The van der Waals surface area contributed by atoms with E-state index in [1.54, 1.807) is 6.92 Å². The predicted octanol–water partition coefficient (Wildman–Crippen LogP) is 2.16. The first-order valence-corrected chi connectivity index (χ1v) is 7.12. The van der Waals surface area contributed by atoms with Crippen LogP contribution in [0, 0.1) is 0 Å². The van der Waals surface area contributed by atoms with Crippen LogP contribution in [0.15, 0.2) is 0 Å². The van der Waals surface area contributed by atoms with Crippen LogP contribution < -0.4 is 5.32 Å². The van der Waals surface area contributed by atoms with E-state index in [2.05, 4.69) is 10.4 Å². The molecule has 1 aromatic rings. The first-order chi connectivity index (χ1) is 9.13. The van der Waals surface area contributed by atoms with Gasteiger partial charge in [-0.1, -0.05) is 18.5 Å². The van der Waals surface area contributed by atoms with Crippen LogP contribution in [0.4, 0.5) is 0 Å². The van der Waals surface area contributed by atoms with E-state index in [1.807, 2.05) is 18.5 Å². The number of rotatable bonds is 8. The first kappa shape index (κ1) is 16.0. The van der Waals surface area contributed by atoms with E-state index in [-0.39, 0.29) is 5.97 Å². The number of aromatic nitrogens is 2.